The first-order valence-corrected chi connectivity index (χ1v) is 7.30. The number of hydrogen-bond acceptors (Lipinski definition) is 3. The van der Waals surface area contributed by atoms with Gasteiger partial charge in [-0.15, -0.1) is 0 Å². The highest BCUT2D eigenvalue weighted by atomic mass is 16.7. The van der Waals surface area contributed by atoms with Crippen LogP contribution < -0.4 is 9.47 Å². The lowest BCUT2D eigenvalue weighted by Crippen LogP contribution is -1.93. The van der Waals surface area contributed by atoms with E-state index in [-0.39, 0.29) is 0 Å². The molecule has 0 aliphatic carbocycles. The molecule has 0 saturated carbocycles. The Morgan fingerprint density at radius 3 is 2.81 bits per heavy atom. The van der Waals surface area contributed by atoms with E-state index in [0.29, 0.717) is 12.7 Å². The number of rotatable bonds is 4. The van der Waals surface area contributed by atoms with Gasteiger partial charge in [-0.3, -0.25) is 4.99 Å². The summed E-state index contributed by atoms with van der Waals surface area (Å²) < 4.78 is 10.7. The summed E-state index contributed by atoms with van der Waals surface area (Å²) in [5, 5.41) is 0. The lowest BCUT2D eigenvalue weighted by Gasteiger charge is -2.11. The Morgan fingerprint density at radius 1 is 1.14 bits per heavy atom. The molecular weight excluding hydrogens is 262 g/mol. The van der Waals surface area contributed by atoms with Gasteiger partial charge in [0.15, 0.2) is 11.5 Å². The zero-order valence-electron chi connectivity index (χ0n) is 12.4. The summed E-state index contributed by atoms with van der Waals surface area (Å²) in [6, 6.07) is 14.2. The predicted octanol–water partition coefficient (Wildman–Crippen LogP) is 4.68. The molecule has 0 N–H and O–H groups in total. The summed E-state index contributed by atoms with van der Waals surface area (Å²) in [5.74, 6) is 2.09. The van der Waals surface area contributed by atoms with Crippen LogP contribution in [0.2, 0.25) is 0 Å². The second-order valence-corrected chi connectivity index (χ2v) is 5.24. The zero-order chi connectivity index (χ0) is 14.7. The van der Waals surface area contributed by atoms with Gasteiger partial charge in [-0.1, -0.05) is 32.0 Å². The average molecular weight is 281 g/mol. The van der Waals surface area contributed by atoms with E-state index in [2.05, 4.69) is 37.0 Å². The standard InChI is InChI=1S/C18H19NO2/c1-3-13(2)15-6-4-5-7-16(15)19-11-14-8-9-17-18(10-14)21-12-20-17/h4-11,13H,3,12H2,1-2H3/t13-/m1/s1. The maximum Gasteiger partial charge on any atom is 0.231 e. The lowest BCUT2D eigenvalue weighted by atomic mass is 9.97. The summed E-state index contributed by atoms with van der Waals surface area (Å²) in [6.07, 6.45) is 2.99. The fraction of sp³-hybridized carbons (Fsp3) is 0.278. The van der Waals surface area contributed by atoms with Crippen molar-refractivity contribution in [1.82, 2.24) is 0 Å². The SMILES string of the molecule is CC[C@@H](C)c1ccccc1N=Cc1ccc2c(c1)OCO2. The van der Waals surface area contributed by atoms with Crippen LogP contribution in [0.1, 0.15) is 37.3 Å². The number of hydrogen-bond donors (Lipinski definition) is 0. The van der Waals surface area contributed by atoms with Crippen LogP contribution >= 0.6 is 0 Å². The smallest absolute Gasteiger partial charge is 0.231 e. The topological polar surface area (TPSA) is 30.8 Å². The molecule has 21 heavy (non-hydrogen) atoms. The van der Waals surface area contributed by atoms with Crippen LogP contribution in [-0.4, -0.2) is 13.0 Å². The molecule has 3 rings (SSSR count). The summed E-state index contributed by atoms with van der Waals surface area (Å²) in [4.78, 5) is 4.65. The average Bonchev–Trinajstić information content (AvgIpc) is 3.00. The van der Waals surface area contributed by atoms with Gasteiger partial charge in [-0.2, -0.15) is 0 Å². The summed E-state index contributed by atoms with van der Waals surface area (Å²) in [7, 11) is 0. The largest absolute Gasteiger partial charge is 0.454 e. The molecule has 1 aliphatic heterocycles. The van der Waals surface area contributed by atoms with Crippen LogP contribution in [0.15, 0.2) is 47.5 Å². The third kappa shape index (κ3) is 2.92. The maximum atomic E-state index is 5.39. The maximum absolute atomic E-state index is 5.39. The van der Waals surface area contributed by atoms with E-state index >= 15 is 0 Å². The predicted molar refractivity (Wildman–Crippen MR) is 85.0 cm³/mol. The summed E-state index contributed by atoms with van der Waals surface area (Å²) in [6.45, 7) is 4.73. The Hall–Kier alpha value is -2.29. The van der Waals surface area contributed by atoms with E-state index in [9.17, 15) is 0 Å². The van der Waals surface area contributed by atoms with Gasteiger partial charge in [-0.25, -0.2) is 0 Å². The van der Waals surface area contributed by atoms with Gasteiger partial charge in [0.2, 0.25) is 6.79 Å². The number of aliphatic imine (C=N–C) groups is 1. The molecule has 0 amide bonds. The van der Waals surface area contributed by atoms with Crippen LogP contribution in [-0.2, 0) is 0 Å². The molecule has 0 bridgehead atoms. The molecule has 108 valence electrons. The fourth-order valence-corrected chi connectivity index (χ4v) is 2.38. The van der Waals surface area contributed by atoms with E-state index in [1.807, 2.05) is 30.5 Å². The minimum atomic E-state index is 0.298. The molecule has 1 atom stereocenters. The first-order chi connectivity index (χ1) is 10.3. The van der Waals surface area contributed by atoms with Gasteiger partial charge in [-0.05, 0) is 47.7 Å². The Labute approximate surface area is 125 Å². The van der Waals surface area contributed by atoms with Crippen LogP contribution in [0.5, 0.6) is 11.5 Å². The van der Waals surface area contributed by atoms with E-state index in [1.54, 1.807) is 0 Å². The Bertz CT molecular complexity index is 664. The van der Waals surface area contributed by atoms with Gasteiger partial charge >= 0.3 is 0 Å². The lowest BCUT2D eigenvalue weighted by molar-refractivity contribution is 0.174. The molecule has 0 unspecified atom stereocenters. The van der Waals surface area contributed by atoms with Gasteiger partial charge in [0.1, 0.15) is 0 Å². The molecule has 0 spiro atoms. The molecule has 2 aromatic rings. The van der Waals surface area contributed by atoms with Gasteiger partial charge < -0.3 is 9.47 Å². The van der Waals surface area contributed by atoms with Crippen molar-refractivity contribution in [1.29, 1.82) is 0 Å². The number of para-hydroxylation sites is 1. The highest BCUT2D eigenvalue weighted by molar-refractivity contribution is 5.83. The minimum absolute atomic E-state index is 0.298. The number of fused-ring (bicyclic) bond motifs is 1. The molecule has 0 fully saturated rings. The quantitative estimate of drug-likeness (QED) is 0.762. The second kappa shape index (κ2) is 6.00. The molecule has 1 heterocycles. The normalized spacial score (nSPS) is 14.6. The first-order valence-electron chi connectivity index (χ1n) is 7.30. The fourth-order valence-electron chi connectivity index (χ4n) is 2.38. The van der Waals surface area contributed by atoms with Crippen LogP contribution in [0, 0.1) is 0 Å². The van der Waals surface area contributed by atoms with Gasteiger partial charge in [0, 0.05) is 6.21 Å². The highest BCUT2D eigenvalue weighted by Gasteiger charge is 2.12. The van der Waals surface area contributed by atoms with E-state index < -0.39 is 0 Å². The van der Waals surface area contributed by atoms with Crippen molar-refractivity contribution in [2.24, 2.45) is 4.99 Å². The molecule has 0 saturated heterocycles. The van der Waals surface area contributed by atoms with E-state index in [0.717, 1.165) is 29.2 Å². The Morgan fingerprint density at radius 2 is 1.95 bits per heavy atom. The third-order valence-electron chi connectivity index (χ3n) is 3.83. The molecule has 0 radical (unpaired) electrons. The van der Waals surface area contributed by atoms with Crippen molar-refractivity contribution in [2.75, 3.05) is 6.79 Å². The Kier molecular flexibility index (Phi) is 3.91. The van der Waals surface area contributed by atoms with Crippen LogP contribution in [0.3, 0.4) is 0 Å². The van der Waals surface area contributed by atoms with Gasteiger partial charge in [0.25, 0.3) is 0 Å². The third-order valence-corrected chi connectivity index (χ3v) is 3.83. The molecule has 2 aromatic carbocycles. The molecule has 3 heteroatoms. The van der Waals surface area contributed by atoms with Crippen molar-refractivity contribution in [3.8, 4) is 11.5 Å². The van der Waals surface area contributed by atoms with Crippen molar-refractivity contribution in [3.63, 3.8) is 0 Å². The number of benzene rings is 2. The van der Waals surface area contributed by atoms with Crippen molar-refractivity contribution >= 4 is 11.9 Å². The summed E-state index contributed by atoms with van der Waals surface area (Å²) in [5.41, 5.74) is 3.33. The minimum Gasteiger partial charge on any atom is -0.454 e. The molecule has 1 aliphatic rings. The highest BCUT2D eigenvalue weighted by Crippen LogP contribution is 2.32. The van der Waals surface area contributed by atoms with Crippen molar-refractivity contribution in [2.45, 2.75) is 26.2 Å². The molecule has 0 aromatic heterocycles. The second-order valence-electron chi connectivity index (χ2n) is 5.24. The van der Waals surface area contributed by atoms with Crippen LogP contribution in [0.4, 0.5) is 5.69 Å². The Balaban J connectivity index is 1.86. The van der Waals surface area contributed by atoms with E-state index in [4.69, 9.17) is 9.47 Å². The molecular formula is C18H19NO2. The van der Waals surface area contributed by atoms with Crippen molar-refractivity contribution in [3.05, 3.63) is 53.6 Å². The van der Waals surface area contributed by atoms with Gasteiger partial charge in [0.05, 0.1) is 5.69 Å². The summed E-state index contributed by atoms with van der Waals surface area (Å²) >= 11 is 0. The monoisotopic (exact) mass is 281 g/mol. The number of ether oxygens (including phenoxy) is 2. The van der Waals surface area contributed by atoms with E-state index in [1.165, 1.54) is 5.56 Å². The number of nitrogens with zero attached hydrogens (tertiary/aromatic N) is 1. The molecule has 3 nitrogen and oxygen atoms in total. The van der Waals surface area contributed by atoms with Crippen molar-refractivity contribution < 1.29 is 9.47 Å². The van der Waals surface area contributed by atoms with Crippen LogP contribution in [0.25, 0.3) is 0 Å². The zero-order valence-corrected chi connectivity index (χ0v) is 12.4. The first kappa shape index (κ1) is 13.7.